The molecule has 1 heterocycles. The molecule has 0 unspecified atom stereocenters. The first-order chi connectivity index (χ1) is 7.79. The summed E-state index contributed by atoms with van der Waals surface area (Å²) in [6.45, 7) is 0.791. The van der Waals surface area contributed by atoms with Gasteiger partial charge in [-0.25, -0.2) is 9.37 Å². The Kier molecular flexibility index (Phi) is 3.19. The maximum Gasteiger partial charge on any atom is 0.202 e. The zero-order chi connectivity index (χ0) is 11.4. The van der Waals surface area contributed by atoms with Gasteiger partial charge in [0, 0.05) is 26.0 Å². The molecule has 2 aromatic rings. The van der Waals surface area contributed by atoms with E-state index >= 15 is 0 Å². The first-order valence-corrected chi connectivity index (χ1v) is 5.23. The van der Waals surface area contributed by atoms with Crippen LogP contribution in [-0.2, 0) is 13.0 Å². The Morgan fingerprint density at radius 2 is 2.31 bits per heavy atom. The Bertz CT molecular complexity index is 465. The van der Waals surface area contributed by atoms with Crippen LogP contribution in [0.2, 0.25) is 0 Å². The van der Waals surface area contributed by atoms with E-state index in [1.165, 1.54) is 6.07 Å². The summed E-state index contributed by atoms with van der Waals surface area (Å²) < 4.78 is 15.0. The lowest BCUT2D eigenvalue weighted by Gasteiger charge is -2.06. The number of benzene rings is 1. The van der Waals surface area contributed by atoms with Gasteiger partial charge < -0.3 is 9.88 Å². The highest BCUT2D eigenvalue weighted by Crippen LogP contribution is 2.08. The number of halogens is 1. The Morgan fingerprint density at radius 1 is 1.44 bits per heavy atom. The molecule has 3 nitrogen and oxygen atoms in total. The fourth-order valence-corrected chi connectivity index (χ4v) is 1.66. The van der Waals surface area contributed by atoms with E-state index in [4.69, 9.17) is 0 Å². The van der Waals surface area contributed by atoms with Gasteiger partial charge in [-0.15, -0.1) is 0 Å². The summed E-state index contributed by atoms with van der Waals surface area (Å²) >= 11 is 0. The quantitative estimate of drug-likeness (QED) is 0.855. The van der Waals surface area contributed by atoms with Crippen LogP contribution in [0.15, 0.2) is 36.7 Å². The minimum Gasteiger partial charge on any atom is -0.359 e. The molecule has 16 heavy (non-hydrogen) atoms. The summed E-state index contributed by atoms with van der Waals surface area (Å²) in [4.78, 5) is 4.14. The summed E-state index contributed by atoms with van der Waals surface area (Å²) in [6.07, 6.45) is 4.45. The van der Waals surface area contributed by atoms with Crippen molar-refractivity contribution in [3.05, 3.63) is 48.0 Å². The van der Waals surface area contributed by atoms with Crippen LogP contribution >= 0.6 is 0 Å². The number of aryl methyl sites for hydroxylation is 2. The number of aromatic nitrogens is 2. The average Bonchev–Trinajstić information content (AvgIpc) is 2.74. The number of nitrogens with zero attached hydrogens (tertiary/aromatic N) is 2. The second kappa shape index (κ2) is 4.79. The zero-order valence-electron chi connectivity index (χ0n) is 9.15. The highest BCUT2D eigenvalue weighted by molar-refractivity contribution is 5.24. The number of rotatable bonds is 4. The van der Waals surface area contributed by atoms with Gasteiger partial charge in [0.05, 0.1) is 0 Å². The Labute approximate surface area is 93.9 Å². The third-order valence-electron chi connectivity index (χ3n) is 2.47. The lowest BCUT2D eigenvalue weighted by molar-refractivity contribution is 0.622. The van der Waals surface area contributed by atoms with Crippen molar-refractivity contribution < 1.29 is 4.39 Å². The molecule has 0 radical (unpaired) electrons. The minimum atomic E-state index is -0.183. The van der Waals surface area contributed by atoms with E-state index in [0.29, 0.717) is 0 Å². The molecule has 0 bridgehead atoms. The van der Waals surface area contributed by atoms with E-state index in [1.807, 2.05) is 23.9 Å². The molecule has 0 aliphatic rings. The molecule has 2 rings (SSSR count). The van der Waals surface area contributed by atoms with Gasteiger partial charge in [0.2, 0.25) is 5.95 Å². The molecule has 84 valence electrons. The fraction of sp³-hybridized carbons (Fsp3) is 0.250. The highest BCUT2D eigenvalue weighted by atomic mass is 19.1. The maximum absolute atomic E-state index is 12.9. The van der Waals surface area contributed by atoms with Gasteiger partial charge in [-0.1, -0.05) is 12.1 Å². The Balaban J connectivity index is 2.02. The molecule has 1 aromatic carbocycles. The molecular formula is C12H14FN3. The molecule has 0 fully saturated rings. The van der Waals surface area contributed by atoms with Crippen molar-refractivity contribution in [2.75, 3.05) is 12.4 Å². The lowest BCUT2D eigenvalue weighted by atomic mass is 10.1. The van der Waals surface area contributed by atoms with Gasteiger partial charge in [-0.3, -0.25) is 0 Å². The first-order valence-electron chi connectivity index (χ1n) is 5.23. The van der Waals surface area contributed by atoms with Crippen LogP contribution in [-0.4, -0.2) is 16.6 Å². The highest BCUT2D eigenvalue weighted by Gasteiger charge is 2.00. The Hall–Kier alpha value is -1.84. The molecule has 0 spiro atoms. The maximum atomic E-state index is 12.9. The molecule has 4 heteroatoms. The van der Waals surface area contributed by atoms with Crippen molar-refractivity contribution in [1.82, 2.24) is 9.55 Å². The first kappa shape index (κ1) is 10.7. The van der Waals surface area contributed by atoms with E-state index < -0.39 is 0 Å². The molecule has 0 atom stereocenters. The fourth-order valence-electron chi connectivity index (χ4n) is 1.66. The molecular weight excluding hydrogens is 205 g/mol. The normalized spacial score (nSPS) is 10.4. The van der Waals surface area contributed by atoms with Crippen molar-refractivity contribution in [1.29, 1.82) is 0 Å². The van der Waals surface area contributed by atoms with Crippen molar-refractivity contribution in [2.45, 2.75) is 13.0 Å². The predicted molar refractivity (Wildman–Crippen MR) is 61.9 cm³/mol. The average molecular weight is 219 g/mol. The van der Waals surface area contributed by atoms with Crippen molar-refractivity contribution in [3.8, 4) is 0 Å². The predicted octanol–water partition coefficient (Wildman–Crippen LogP) is 2.31. The number of anilines is 1. The molecule has 0 aliphatic carbocycles. The number of nitrogens with one attached hydrogen (secondary N) is 1. The van der Waals surface area contributed by atoms with E-state index in [9.17, 15) is 4.39 Å². The Morgan fingerprint density at radius 3 is 3.06 bits per heavy atom. The van der Waals surface area contributed by atoms with Gasteiger partial charge >= 0.3 is 0 Å². The van der Waals surface area contributed by atoms with Crippen LogP contribution in [0.3, 0.4) is 0 Å². The van der Waals surface area contributed by atoms with Crippen molar-refractivity contribution >= 4 is 5.95 Å². The largest absolute Gasteiger partial charge is 0.359 e. The summed E-state index contributed by atoms with van der Waals surface area (Å²) in [7, 11) is 1.83. The summed E-state index contributed by atoms with van der Waals surface area (Å²) in [5.74, 6) is 0.647. The summed E-state index contributed by atoms with van der Waals surface area (Å²) in [5, 5.41) is 3.00. The van der Waals surface area contributed by atoms with Crippen LogP contribution in [0.5, 0.6) is 0 Å². The van der Waals surface area contributed by atoms with E-state index in [-0.39, 0.29) is 5.82 Å². The van der Waals surface area contributed by atoms with Crippen molar-refractivity contribution in [3.63, 3.8) is 0 Å². The van der Waals surface area contributed by atoms with Crippen LogP contribution in [0.4, 0.5) is 10.3 Å². The summed E-state index contributed by atoms with van der Waals surface area (Å²) in [6, 6.07) is 6.69. The summed E-state index contributed by atoms with van der Waals surface area (Å²) in [5.41, 5.74) is 0.996. The van der Waals surface area contributed by atoms with Gasteiger partial charge in [-0.2, -0.15) is 0 Å². The number of hydrogen-bond donors (Lipinski definition) is 1. The molecule has 0 saturated heterocycles. The van der Waals surface area contributed by atoms with Crippen LogP contribution in [0.1, 0.15) is 5.56 Å². The lowest BCUT2D eigenvalue weighted by Crippen LogP contribution is -2.05. The van der Waals surface area contributed by atoms with Gasteiger partial charge in [-0.05, 0) is 24.1 Å². The van der Waals surface area contributed by atoms with Gasteiger partial charge in [0.25, 0.3) is 0 Å². The van der Waals surface area contributed by atoms with E-state index in [1.54, 1.807) is 18.3 Å². The zero-order valence-corrected chi connectivity index (χ0v) is 9.15. The third-order valence-corrected chi connectivity index (χ3v) is 2.47. The minimum absolute atomic E-state index is 0.183. The second-order valence-electron chi connectivity index (χ2n) is 3.57. The SMILES string of the molecule is CNc1nccn1CCc1cccc(F)c1. The van der Waals surface area contributed by atoms with Gasteiger partial charge in [0.15, 0.2) is 0 Å². The van der Waals surface area contributed by atoms with E-state index in [0.717, 1.165) is 24.5 Å². The molecule has 1 aromatic heterocycles. The number of imidazole rings is 1. The number of hydrogen-bond acceptors (Lipinski definition) is 2. The van der Waals surface area contributed by atoms with Crippen molar-refractivity contribution in [2.24, 2.45) is 0 Å². The smallest absolute Gasteiger partial charge is 0.202 e. The topological polar surface area (TPSA) is 29.9 Å². The third kappa shape index (κ3) is 2.39. The monoisotopic (exact) mass is 219 g/mol. The van der Waals surface area contributed by atoms with Crippen LogP contribution in [0.25, 0.3) is 0 Å². The standard InChI is InChI=1S/C12H14FN3/c1-14-12-15-6-8-16(12)7-5-10-3-2-4-11(13)9-10/h2-4,6,8-9H,5,7H2,1H3,(H,14,15). The van der Waals surface area contributed by atoms with E-state index in [2.05, 4.69) is 10.3 Å². The molecule has 0 saturated carbocycles. The molecule has 0 amide bonds. The molecule has 0 aliphatic heterocycles. The van der Waals surface area contributed by atoms with Crippen LogP contribution < -0.4 is 5.32 Å². The molecule has 1 N–H and O–H groups in total. The van der Waals surface area contributed by atoms with Gasteiger partial charge in [0.1, 0.15) is 5.82 Å². The van der Waals surface area contributed by atoms with Crippen LogP contribution in [0, 0.1) is 5.82 Å². The second-order valence-corrected chi connectivity index (χ2v) is 3.57.